The smallest absolute Gasteiger partial charge is 0.233 e. The van der Waals surface area contributed by atoms with E-state index >= 15 is 0 Å². The Labute approximate surface area is 79.4 Å². The summed E-state index contributed by atoms with van der Waals surface area (Å²) >= 11 is 0. The number of nitrogens with zero attached hydrogens (tertiary/aromatic N) is 1. The van der Waals surface area contributed by atoms with E-state index in [0.717, 1.165) is 12.5 Å². The number of carbonyl (C=O) groups is 1. The Balaban J connectivity index is 2.15. The first kappa shape index (κ1) is 10.5. The van der Waals surface area contributed by atoms with Crippen molar-refractivity contribution in [1.82, 2.24) is 10.3 Å². The minimum absolute atomic E-state index is 0.0731. The van der Waals surface area contributed by atoms with Crippen molar-refractivity contribution in [3.05, 3.63) is 0 Å². The number of hydrazine groups is 1. The minimum Gasteiger partial charge on any atom is -0.301 e. The molecule has 0 aromatic rings. The van der Waals surface area contributed by atoms with E-state index in [4.69, 9.17) is 5.84 Å². The van der Waals surface area contributed by atoms with Crippen molar-refractivity contribution in [3.8, 4) is 0 Å². The molecule has 1 atom stereocenters. The summed E-state index contributed by atoms with van der Waals surface area (Å²) in [4.78, 5) is 13.2. The lowest BCUT2D eigenvalue weighted by molar-refractivity contribution is -0.121. The highest BCUT2D eigenvalue weighted by molar-refractivity contribution is 5.75. The molecule has 0 bridgehead atoms. The van der Waals surface area contributed by atoms with Crippen molar-refractivity contribution in [2.45, 2.75) is 44.7 Å². The lowest BCUT2D eigenvalue weighted by atomic mass is 10.1. The molecule has 1 unspecified atom stereocenters. The minimum atomic E-state index is -0.0731. The molecule has 4 heteroatoms. The number of hydrogen-bond acceptors (Lipinski definition) is 3. The Morgan fingerprint density at radius 3 is 2.77 bits per heavy atom. The predicted molar refractivity (Wildman–Crippen MR) is 51.8 cm³/mol. The summed E-state index contributed by atoms with van der Waals surface area (Å²) < 4.78 is 0. The highest BCUT2D eigenvalue weighted by Gasteiger charge is 2.28. The molecule has 13 heavy (non-hydrogen) atoms. The van der Waals surface area contributed by atoms with Crippen LogP contribution in [-0.4, -0.2) is 29.9 Å². The van der Waals surface area contributed by atoms with Gasteiger partial charge in [-0.3, -0.25) is 10.2 Å². The first-order valence-corrected chi connectivity index (χ1v) is 4.86. The molecule has 0 aromatic carbocycles. The van der Waals surface area contributed by atoms with Crippen molar-refractivity contribution < 1.29 is 4.79 Å². The predicted octanol–water partition coefficient (Wildman–Crippen LogP) is 0.239. The van der Waals surface area contributed by atoms with Crippen LogP contribution in [0.2, 0.25) is 0 Å². The summed E-state index contributed by atoms with van der Waals surface area (Å²) in [5.41, 5.74) is 2.15. The molecular weight excluding hydrogens is 166 g/mol. The van der Waals surface area contributed by atoms with Crippen LogP contribution in [0.1, 0.15) is 32.6 Å². The maximum Gasteiger partial charge on any atom is 0.233 e. The maximum atomic E-state index is 10.9. The second-order valence-electron chi connectivity index (χ2n) is 3.85. The highest BCUT2D eigenvalue weighted by Crippen LogP contribution is 2.27. The fourth-order valence-electron chi connectivity index (χ4n) is 1.46. The van der Waals surface area contributed by atoms with E-state index in [9.17, 15) is 4.79 Å². The monoisotopic (exact) mass is 185 g/mol. The van der Waals surface area contributed by atoms with Crippen LogP contribution in [0, 0.1) is 0 Å². The lowest BCUT2D eigenvalue weighted by Gasteiger charge is -2.23. The number of rotatable bonds is 5. The molecule has 0 heterocycles. The van der Waals surface area contributed by atoms with Gasteiger partial charge in [-0.15, -0.1) is 0 Å². The van der Waals surface area contributed by atoms with E-state index in [1.54, 1.807) is 0 Å². The van der Waals surface area contributed by atoms with Crippen LogP contribution >= 0.6 is 0 Å². The van der Waals surface area contributed by atoms with Gasteiger partial charge >= 0.3 is 0 Å². The quantitative estimate of drug-likeness (QED) is 0.366. The molecule has 1 rings (SSSR count). The third-order valence-corrected chi connectivity index (χ3v) is 2.77. The molecule has 0 saturated heterocycles. The van der Waals surface area contributed by atoms with Crippen LogP contribution in [0.25, 0.3) is 0 Å². The Morgan fingerprint density at radius 1 is 1.69 bits per heavy atom. The number of nitrogens with two attached hydrogens (primary N) is 1. The van der Waals surface area contributed by atoms with E-state index in [0.29, 0.717) is 12.5 Å². The Bertz CT molecular complexity index is 180. The number of hydrogen-bond donors (Lipinski definition) is 2. The normalized spacial score (nSPS) is 18.8. The SMILES string of the molecule is CC(CCC(=O)NN)N(C)C1CC1. The first-order valence-electron chi connectivity index (χ1n) is 4.86. The fourth-order valence-corrected chi connectivity index (χ4v) is 1.46. The summed E-state index contributed by atoms with van der Waals surface area (Å²) in [6, 6.07) is 1.24. The van der Waals surface area contributed by atoms with Crippen LogP contribution in [0.15, 0.2) is 0 Å². The van der Waals surface area contributed by atoms with Crippen LogP contribution in [0.3, 0.4) is 0 Å². The molecule has 1 amide bonds. The average Bonchev–Trinajstić information content (AvgIpc) is 2.95. The van der Waals surface area contributed by atoms with Gasteiger partial charge in [0.25, 0.3) is 0 Å². The standard InChI is InChI=1S/C9H19N3O/c1-7(3-6-9(13)11-10)12(2)8-4-5-8/h7-8H,3-6,10H2,1-2H3,(H,11,13). The number of carbonyl (C=O) groups excluding carboxylic acids is 1. The van der Waals surface area contributed by atoms with E-state index in [-0.39, 0.29) is 5.91 Å². The van der Waals surface area contributed by atoms with Crippen molar-refractivity contribution >= 4 is 5.91 Å². The van der Waals surface area contributed by atoms with Crippen molar-refractivity contribution in [3.63, 3.8) is 0 Å². The fraction of sp³-hybridized carbons (Fsp3) is 0.889. The van der Waals surface area contributed by atoms with E-state index in [2.05, 4.69) is 24.3 Å². The molecule has 0 spiro atoms. The van der Waals surface area contributed by atoms with Gasteiger partial charge < -0.3 is 4.90 Å². The maximum absolute atomic E-state index is 10.9. The summed E-state index contributed by atoms with van der Waals surface area (Å²) in [7, 11) is 2.13. The van der Waals surface area contributed by atoms with Crippen molar-refractivity contribution in [2.24, 2.45) is 5.84 Å². The number of nitrogens with one attached hydrogen (secondary N) is 1. The van der Waals surface area contributed by atoms with Gasteiger partial charge in [-0.25, -0.2) is 5.84 Å². The van der Waals surface area contributed by atoms with Crippen molar-refractivity contribution in [2.75, 3.05) is 7.05 Å². The lowest BCUT2D eigenvalue weighted by Crippen LogP contribution is -2.34. The number of amides is 1. The molecule has 76 valence electrons. The zero-order valence-corrected chi connectivity index (χ0v) is 8.42. The summed E-state index contributed by atoms with van der Waals surface area (Å²) in [6.07, 6.45) is 4.03. The van der Waals surface area contributed by atoms with Crippen LogP contribution in [0.4, 0.5) is 0 Å². The molecule has 1 saturated carbocycles. The van der Waals surface area contributed by atoms with Gasteiger partial charge in [0.1, 0.15) is 0 Å². The van der Waals surface area contributed by atoms with Gasteiger partial charge in [-0.2, -0.15) is 0 Å². The third-order valence-electron chi connectivity index (χ3n) is 2.77. The zero-order chi connectivity index (χ0) is 9.84. The third kappa shape index (κ3) is 3.32. The Morgan fingerprint density at radius 2 is 2.31 bits per heavy atom. The van der Waals surface area contributed by atoms with Gasteiger partial charge in [0.15, 0.2) is 0 Å². The molecule has 3 N–H and O–H groups in total. The Hall–Kier alpha value is -0.610. The van der Waals surface area contributed by atoms with E-state index in [1.807, 2.05) is 0 Å². The summed E-state index contributed by atoms with van der Waals surface area (Å²) in [6.45, 7) is 2.15. The zero-order valence-electron chi connectivity index (χ0n) is 8.42. The molecule has 0 aliphatic heterocycles. The molecule has 1 aliphatic rings. The van der Waals surface area contributed by atoms with Crippen molar-refractivity contribution in [1.29, 1.82) is 0 Å². The second-order valence-corrected chi connectivity index (χ2v) is 3.85. The molecule has 1 aliphatic carbocycles. The van der Waals surface area contributed by atoms with Gasteiger partial charge in [0.2, 0.25) is 5.91 Å². The molecule has 4 nitrogen and oxygen atoms in total. The molecule has 0 radical (unpaired) electrons. The molecule has 1 fully saturated rings. The highest BCUT2D eigenvalue weighted by atomic mass is 16.2. The van der Waals surface area contributed by atoms with Crippen LogP contribution in [0.5, 0.6) is 0 Å². The Kier molecular flexibility index (Phi) is 3.69. The van der Waals surface area contributed by atoms with Gasteiger partial charge in [0, 0.05) is 18.5 Å². The van der Waals surface area contributed by atoms with Crippen LogP contribution < -0.4 is 11.3 Å². The van der Waals surface area contributed by atoms with Crippen LogP contribution in [-0.2, 0) is 4.79 Å². The topological polar surface area (TPSA) is 58.4 Å². The van der Waals surface area contributed by atoms with Gasteiger partial charge in [-0.05, 0) is 33.2 Å². The van der Waals surface area contributed by atoms with Gasteiger partial charge in [-0.1, -0.05) is 0 Å². The molecule has 0 aromatic heterocycles. The summed E-state index contributed by atoms with van der Waals surface area (Å²) in [5.74, 6) is 4.92. The second kappa shape index (κ2) is 4.58. The summed E-state index contributed by atoms with van der Waals surface area (Å²) in [5, 5.41) is 0. The van der Waals surface area contributed by atoms with E-state index in [1.165, 1.54) is 12.8 Å². The van der Waals surface area contributed by atoms with Gasteiger partial charge in [0.05, 0.1) is 0 Å². The average molecular weight is 185 g/mol. The largest absolute Gasteiger partial charge is 0.301 e. The first-order chi connectivity index (χ1) is 6.15. The van der Waals surface area contributed by atoms with E-state index < -0.39 is 0 Å². The molecular formula is C9H19N3O.